The molecule has 2 aromatic carbocycles. The Bertz CT molecular complexity index is 1120. The SMILES string of the molecule is N#Cc1c(C#N)c(-n2cccn2)c2cc(Cl)c(Cl)cc2c1-n1cccn1. The van der Waals surface area contributed by atoms with Crippen LogP contribution in [0.1, 0.15) is 11.1 Å². The average Bonchev–Trinajstić information content (AvgIpc) is 3.34. The fourth-order valence-corrected chi connectivity index (χ4v) is 3.27. The van der Waals surface area contributed by atoms with Gasteiger partial charge in [0, 0.05) is 35.6 Å². The Labute approximate surface area is 158 Å². The third-order valence-corrected chi connectivity index (χ3v) is 4.71. The van der Waals surface area contributed by atoms with Crippen molar-refractivity contribution >= 4 is 34.0 Å². The van der Waals surface area contributed by atoms with E-state index >= 15 is 0 Å². The molecule has 124 valence electrons. The smallest absolute Gasteiger partial charge is 0.103 e. The highest BCUT2D eigenvalue weighted by Crippen LogP contribution is 2.38. The van der Waals surface area contributed by atoms with Crippen LogP contribution in [0.25, 0.3) is 22.1 Å². The van der Waals surface area contributed by atoms with E-state index in [2.05, 4.69) is 22.3 Å². The number of fused-ring (bicyclic) bond motifs is 1. The average molecular weight is 379 g/mol. The van der Waals surface area contributed by atoms with Gasteiger partial charge in [0.25, 0.3) is 0 Å². The van der Waals surface area contributed by atoms with E-state index in [4.69, 9.17) is 23.2 Å². The first-order valence-corrected chi connectivity index (χ1v) is 8.20. The normalized spacial score (nSPS) is 10.6. The highest BCUT2D eigenvalue weighted by molar-refractivity contribution is 6.43. The summed E-state index contributed by atoms with van der Waals surface area (Å²) in [5.74, 6) is 0. The molecule has 0 amide bonds. The second kappa shape index (κ2) is 6.20. The van der Waals surface area contributed by atoms with Crippen LogP contribution in [0.5, 0.6) is 0 Å². The summed E-state index contributed by atoms with van der Waals surface area (Å²) in [6, 6.07) is 11.1. The van der Waals surface area contributed by atoms with Gasteiger partial charge in [-0.05, 0) is 24.3 Å². The van der Waals surface area contributed by atoms with Gasteiger partial charge in [0.15, 0.2) is 0 Å². The summed E-state index contributed by atoms with van der Waals surface area (Å²) in [6.07, 6.45) is 6.59. The summed E-state index contributed by atoms with van der Waals surface area (Å²) in [4.78, 5) is 0. The van der Waals surface area contributed by atoms with Crippen LogP contribution in [0.15, 0.2) is 49.1 Å². The molecule has 0 fully saturated rings. The van der Waals surface area contributed by atoms with Gasteiger partial charge in [-0.25, -0.2) is 9.36 Å². The lowest BCUT2D eigenvalue weighted by molar-refractivity contribution is 0.869. The van der Waals surface area contributed by atoms with Crippen molar-refractivity contribution in [1.29, 1.82) is 10.5 Å². The van der Waals surface area contributed by atoms with Crippen LogP contribution in [0.4, 0.5) is 0 Å². The number of hydrogen-bond acceptors (Lipinski definition) is 4. The zero-order chi connectivity index (χ0) is 18.3. The number of benzene rings is 2. The maximum absolute atomic E-state index is 9.80. The van der Waals surface area contributed by atoms with Crippen LogP contribution in [-0.4, -0.2) is 19.6 Å². The minimum absolute atomic E-state index is 0.188. The van der Waals surface area contributed by atoms with Crippen molar-refractivity contribution in [3.8, 4) is 23.5 Å². The van der Waals surface area contributed by atoms with Crippen molar-refractivity contribution in [2.45, 2.75) is 0 Å². The predicted octanol–water partition coefficient (Wildman–Crippen LogP) is 4.26. The Kier molecular flexibility index (Phi) is 3.85. The second-order valence-electron chi connectivity index (χ2n) is 5.38. The summed E-state index contributed by atoms with van der Waals surface area (Å²) in [6.45, 7) is 0. The summed E-state index contributed by atoms with van der Waals surface area (Å²) in [5, 5.41) is 30.0. The maximum atomic E-state index is 9.80. The predicted molar refractivity (Wildman–Crippen MR) is 97.6 cm³/mol. The van der Waals surface area contributed by atoms with E-state index < -0.39 is 0 Å². The lowest BCUT2D eigenvalue weighted by Gasteiger charge is -2.16. The lowest BCUT2D eigenvalue weighted by atomic mass is 9.96. The van der Waals surface area contributed by atoms with Crippen molar-refractivity contribution in [2.75, 3.05) is 0 Å². The number of rotatable bonds is 2. The highest BCUT2D eigenvalue weighted by atomic mass is 35.5. The third-order valence-electron chi connectivity index (χ3n) is 3.98. The Morgan fingerprint density at radius 3 is 1.50 bits per heavy atom. The fourth-order valence-electron chi connectivity index (χ4n) is 2.94. The van der Waals surface area contributed by atoms with Crippen LogP contribution in [0.3, 0.4) is 0 Å². The first-order valence-electron chi connectivity index (χ1n) is 7.44. The molecular formula is C18H8Cl2N6. The first-order chi connectivity index (χ1) is 12.7. The van der Waals surface area contributed by atoms with E-state index in [1.165, 1.54) is 0 Å². The molecule has 0 N–H and O–H groups in total. The Morgan fingerprint density at radius 1 is 0.769 bits per heavy atom. The maximum Gasteiger partial charge on any atom is 0.103 e. The Hall–Kier alpha value is -3.32. The van der Waals surface area contributed by atoms with E-state index in [1.807, 2.05) is 0 Å². The number of halogens is 2. The van der Waals surface area contributed by atoms with Crippen molar-refractivity contribution < 1.29 is 0 Å². The summed E-state index contributed by atoms with van der Waals surface area (Å²) >= 11 is 12.5. The molecule has 0 aliphatic heterocycles. The molecule has 0 saturated heterocycles. The fraction of sp³-hybridized carbons (Fsp3) is 0. The largest absolute Gasteiger partial charge is 0.239 e. The Balaban J connectivity index is 2.30. The summed E-state index contributed by atoms with van der Waals surface area (Å²) in [7, 11) is 0. The highest BCUT2D eigenvalue weighted by Gasteiger charge is 2.23. The molecule has 8 heteroatoms. The van der Waals surface area contributed by atoms with E-state index in [0.29, 0.717) is 32.2 Å². The third kappa shape index (κ3) is 2.33. The monoisotopic (exact) mass is 378 g/mol. The number of nitriles is 2. The van der Waals surface area contributed by atoms with Gasteiger partial charge in [-0.15, -0.1) is 0 Å². The molecule has 0 spiro atoms. The minimum atomic E-state index is 0.188. The molecule has 6 nitrogen and oxygen atoms in total. The molecule has 0 aliphatic carbocycles. The zero-order valence-electron chi connectivity index (χ0n) is 13.1. The van der Waals surface area contributed by atoms with E-state index in [0.717, 1.165) is 0 Å². The van der Waals surface area contributed by atoms with Crippen LogP contribution < -0.4 is 0 Å². The van der Waals surface area contributed by atoms with Gasteiger partial charge in [0.05, 0.1) is 32.5 Å². The van der Waals surface area contributed by atoms with Crippen molar-refractivity contribution in [1.82, 2.24) is 19.6 Å². The lowest BCUT2D eigenvalue weighted by Crippen LogP contribution is -2.08. The van der Waals surface area contributed by atoms with Gasteiger partial charge in [-0.1, -0.05) is 23.2 Å². The molecule has 0 unspecified atom stereocenters. The number of aromatic nitrogens is 4. The van der Waals surface area contributed by atoms with E-state index in [-0.39, 0.29) is 11.1 Å². The van der Waals surface area contributed by atoms with Crippen molar-refractivity contribution in [3.63, 3.8) is 0 Å². The van der Waals surface area contributed by atoms with Crippen LogP contribution >= 0.6 is 23.2 Å². The molecule has 0 radical (unpaired) electrons. The number of nitrogens with zero attached hydrogens (tertiary/aromatic N) is 6. The van der Waals surface area contributed by atoms with Crippen LogP contribution in [0.2, 0.25) is 10.0 Å². The molecule has 0 saturated carbocycles. The summed E-state index contributed by atoms with van der Waals surface area (Å²) < 4.78 is 3.08. The minimum Gasteiger partial charge on any atom is -0.239 e. The quantitative estimate of drug-likeness (QED) is 0.521. The molecule has 2 heterocycles. The summed E-state index contributed by atoms with van der Waals surface area (Å²) in [5.41, 5.74) is 1.32. The van der Waals surface area contributed by atoms with Crippen molar-refractivity contribution in [2.24, 2.45) is 0 Å². The topological polar surface area (TPSA) is 83.2 Å². The number of hydrogen-bond donors (Lipinski definition) is 0. The molecular weight excluding hydrogens is 371 g/mol. The molecule has 26 heavy (non-hydrogen) atoms. The first kappa shape index (κ1) is 16.2. The standard InChI is InChI=1S/C18H8Cl2N6/c19-15-7-11-12(8-16(15)20)18(26-6-2-4-24-26)14(10-22)13(9-21)17(11)25-5-1-3-23-25/h1-8H. The van der Waals surface area contributed by atoms with Gasteiger partial charge in [-0.2, -0.15) is 20.7 Å². The van der Waals surface area contributed by atoms with E-state index in [9.17, 15) is 10.5 Å². The van der Waals surface area contributed by atoms with Gasteiger partial charge < -0.3 is 0 Å². The van der Waals surface area contributed by atoms with Gasteiger partial charge in [0.1, 0.15) is 12.1 Å². The van der Waals surface area contributed by atoms with Gasteiger partial charge in [-0.3, -0.25) is 0 Å². The molecule has 4 aromatic rings. The zero-order valence-corrected chi connectivity index (χ0v) is 14.6. The van der Waals surface area contributed by atoms with Crippen LogP contribution in [-0.2, 0) is 0 Å². The second-order valence-corrected chi connectivity index (χ2v) is 6.20. The molecule has 0 atom stereocenters. The molecule has 0 aliphatic rings. The van der Waals surface area contributed by atoms with Crippen molar-refractivity contribution in [3.05, 3.63) is 70.2 Å². The van der Waals surface area contributed by atoms with Crippen LogP contribution in [0, 0.1) is 22.7 Å². The van der Waals surface area contributed by atoms with Gasteiger partial charge >= 0.3 is 0 Å². The molecule has 0 bridgehead atoms. The molecule has 4 rings (SSSR count). The van der Waals surface area contributed by atoms with E-state index in [1.54, 1.807) is 58.4 Å². The Morgan fingerprint density at radius 2 is 1.19 bits per heavy atom. The molecule has 2 aromatic heterocycles. The van der Waals surface area contributed by atoms with Gasteiger partial charge in [0.2, 0.25) is 0 Å².